The summed E-state index contributed by atoms with van der Waals surface area (Å²) in [5, 5.41) is 2.70. The number of furan rings is 1. The van der Waals surface area contributed by atoms with Gasteiger partial charge in [0.15, 0.2) is 5.76 Å². The van der Waals surface area contributed by atoms with Gasteiger partial charge in [-0.1, -0.05) is 12.1 Å². The molecule has 0 radical (unpaired) electrons. The number of nitrogens with zero attached hydrogens (tertiary/aromatic N) is 1. The van der Waals surface area contributed by atoms with Crippen LogP contribution < -0.4 is 5.32 Å². The van der Waals surface area contributed by atoms with Gasteiger partial charge in [0.2, 0.25) is 5.91 Å². The Morgan fingerprint density at radius 2 is 1.91 bits per heavy atom. The van der Waals surface area contributed by atoms with E-state index in [1.807, 2.05) is 0 Å². The lowest BCUT2D eigenvalue weighted by molar-refractivity contribution is -0.128. The number of carbonyl (C=O) groups excluding carboxylic acids is 2. The second kappa shape index (κ2) is 8.12. The number of hydrogen-bond acceptors (Lipinski definition) is 3. The Morgan fingerprint density at radius 1 is 1.17 bits per heavy atom. The molecule has 1 heterocycles. The van der Waals surface area contributed by atoms with Crippen LogP contribution in [-0.2, 0) is 11.2 Å². The predicted octanol–water partition coefficient (Wildman–Crippen LogP) is 2.24. The second-order valence-electron chi connectivity index (χ2n) is 5.12. The summed E-state index contributed by atoms with van der Waals surface area (Å²) < 4.78 is 17.9. The van der Waals surface area contributed by atoms with Crippen molar-refractivity contribution in [1.82, 2.24) is 10.2 Å². The molecule has 2 rings (SSSR count). The average Bonchev–Trinajstić information content (AvgIpc) is 3.06. The molecule has 6 heteroatoms. The van der Waals surface area contributed by atoms with Gasteiger partial charge >= 0.3 is 0 Å². The summed E-state index contributed by atoms with van der Waals surface area (Å²) >= 11 is 0. The zero-order valence-electron chi connectivity index (χ0n) is 12.9. The monoisotopic (exact) mass is 318 g/mol. The van der Waals surface area contributed by atoms with Gasteiger partial charge in [-0.2, -0.15) is 0 Å². The summed E-state index contributed by atoms with van der Waals surface area (Å²) in [5.74, 6) is -0.417. The second-order valence-corrected chi connectivity index (χ2v) is 5.12. The van der Waals surface area contributed by atoms with Crippen LogP contribution in [0.15, 0.2) is 47.1 Å². The normalized spacial score (nSPS) is 10.3. The Morgan fingerprint density at radius 3 is 2.52 bits per heavy atom. The van der Waals surface area contributed by atoms with E-state index >= 15 is 0 Å². The zero-order chi connectivity index (χ0) is 16.7. The van der Waals surface area contributed by atoms with E-state index in [1.54, 1.807) is 29.2 Å². The summed E-state index contributed by atoms with van der Waals surface area (Å²) in [4.78, 5) is 25.0. The van der Waals surface area contributed by atoms with Crippen molar-refractivity contribution in [2.75, 3.05) is 19.6 Å². The van der Waals surface area contributed by atoms with Gasteiger partial charge in [0.25, 0.3) is 5.91 Å². The van der Waals surface area contributed by atoms with Crippen LogP contribution in [0.5, 0.6) is 0 Å². The zero-order valence-corrected chi connectivity index (χ0v) is 12.9. The van der Waals surface area contributed by atoms with Gasteiger partial charge in [0, 0.05) is 26.6 Å². The highest BCUT2D eigenvalue weighted by Crippen LogP contribution is 2.05. The number of hydrogen-bond donors (Lipinski definition) is 1. The molecule has 0 aliphatic rings. The van der Waals surface area contributed by atoms with Crippen LogP contribution in [0, 0.1) is 5.82 Å². The fraction of sp³-hybridized carbons (Fsp3) is 0.294. The molecule has 1 N–H and O–H groups in total. The summed E-state index contributed by atoms with van der Waals surface area (Å²) in [6, 6.07) is 9.42. The van der Waals surface area contributed by atoms with E-state index in [2.05, 4.69) is 5.32 Å². The number of carbonyl (C=O) groups is 2. The largest absolute Gasteiger partial charge is 0.459 e. The van der Waals surface area contributed by atoms with E-state index in [0.717, 1.165) is 5.56 Å². The standard InChI is InChI=1S/C17H19FN2O3/c1-13(21)20(10-8-14-4-6-15(18)7-5-14)11-9-19-17(22)16-3-2-12-23-16/h2-7,12H,8-11H2,1H3,(H,19,22). The first kappa shape index (κ1) is 16.7. The lowest BCUT2D eigenvalue weighted by Crippen LogP contribution is -2.38. The third kappa shape index (κ3) is 5.25. The molecule has 5 nitrogen and oxygen atoms in total. The van der Waals surface area contributed by atoms with Gasteiger partial charge in [-0.25, -0.2) is 4.39 Å². The van der Waals surface area contributed by atoms with Gasteiger partial charge in [-0.3, -0.25) is 9.59 Å². The van der Waals surface area contributed by atoms with Crippen molar-refractivity contribution in [3.8, 4) is 0 Å². The molecular weight excluding hydrogens is 299 g/mol. The van der Waals surface area contributed by atoms with E-state index in [4.69, 9.17) is 4.42 Å². The predicted molar refractivity (Wildman–Crippen MR) is 83.4 cm³/mol. The first-order valence-corrected chi connectivity index (χ1v) is 7.38. The maximum atomic E-state index is 12.9. The summed E-state index contributed by atoms with van der Waals surface area (Å²) in [7, 11) is 0. The van der Waals surface area contributed by atoms with Crippen molar-refractivity contribution in [3.05, 3.63) is 59.8 Å². The quantitative estimate of drug-likeness (QED) is 0.851. The smallest absolute Gasteiger partial charge is 0.287 e. The van der Waals surface area contributed by atoms with Crippen molar-refractivity contribution in [1.29, 1.82) is 0 Å². The molecule has 0 saturated heterocycles. The minimum Gasteiger partial charge on any atom is -0.459 e. The first-order chi connectivity index (χ1) is 11.1. The maximum Gasteiger partial charge on any atom is 0.287 e. The molecule has 0 atom stereocenters. The minimum atomic E-state index is -0.308. The fourth-order valence-electron chi connectivity index (χ4n) is 2.14. The lowest BCUT2D eigenvalue weighted by atomic mass is 10.1. The molecule has 0 aliphatic carbocycles. The van der Waals surface area contributed by atoms with Crippen LogP contribution in [0.4, 0.5) is 4.39 Å². The van der Waals surface area contributed by atoms with Crippen molar-refractivity contribution in [2.45, 2.75) is 13.3 Å². The molecule has 0 saturated carbocycles. The van der Waals surface area contributed by atoms with Gasteiger partial charge < -0.3 is 14.6 Å². The van der Waals surface area contributed by atoms with Crippen molar-refractivity contribution < 1.29 is 18.4 Å². The Labute approximate surface area is 134 Å². The number of amides is 2. The number of benzene rings is 1. The molecule has 122 valence electrons. The highest BCUT2D eigenvalue weighted by atomic mass is 19.1. The number of halogens is 1. The SMILES string of the molecule is CC(=O)N(CCNC(=O)c1ccco1)CCc1ccc(F)cc1. The summed E-state index contributed by atoms with van der Waals surface area (Å²) in [6.45, 7) is 2.74. The van der Waals surface area contributed by atoms with Gasteiger partial charge in [0.1, 0.15) is 5.82 Å². The first-order valence-electron chi connectivity index (χ1n) is 7.38. The van der Waals surface area contributed by atoms with E-state index in [-0.39, 0.29) is 23.4 Å². The number of rotatable bonds is 7. The van der Waals surface area contributed by atoms with Crippen LogP contribution in [0.1, 0.15) is 23.0 Å². The number of nitrogens with one attached hydrogen (secondary N) is 1. The van der Waals surface area contributed by atoms with E-state index in [1.165, 1.54) is 25.3 Å². The third-order valence-electron chi connectivity index (χ3n) is 3.44. The highest BCUT2D eigenvalue weighted by Gasteiger charge is 2.11. The lowest BCUT2D eigenvalue weighted by Gasteiger charge is -2.21. The molecule has 2 amide bonds. The van der Waals surface area contributed by atoms with Crippen LogP contribution in [0.2, 0.25) is 0 Å². The summed E-state index contributed by atoms with van der Waals surface area (Å²) in [5.41, 5.74) is 0.956. The van der Waals surface area contributed by atoms with Crippen molar-refractivity contribution >= 4 is 11.8 Å². The van der Waals surface area contributed by atoms with E-state index < -0.39 is 0 Å². The summed E-state index contributed by atoms with van der Waals surface area (Å²) in [6.07, 6.45) is 2.06. The van der Waals surface area contributed by atoms with Crippen molar-refractivity contribution in [2.24, 2.45) is 0 Å². The van der Waals surface area contributed by atoms with Gasteiger partial charge in [-0.05, 0) is 36.2 Å². The molecule has 0 bridgehead atoms. The Bertz CT molecular complexity index is 638. The van der Waals surface area contributed by atoms with E-state index in [0.29, 0.717) is 26.1 Å². The molecular formula is C17H19FN2O3. The molecule has 1 aromatic carbocycles. The van der Waals surface area contributed by atoms with Crippen molar-refractivity contribution in [3.63, 3.8) is 0 Å². The Balaban J connectivity index is 1.78. The van der Waals surface area contributed by atoms with Crippen LogP contribution in [-0.4, -0.2) is 36.3 Å². The van der Waals surface area contributed by atoms with Crippen LogP contribution in [0.25, 0.3) is 0 Å². The molecule has 0 unspecified atom stereocenters. The Kier molecular flexibility index (Phi) is 5.91. The maximum absolute atomic E-state index is 12.9. The molecule has 0 fully saturated rings. The van der Waals surface area contributed by atoms with Crippen LogP contribution >= 0.6 is 0 Å². The van der Waals surface area contributed by atoms with Gasteiger partial charge in [-0.15, -0.1) is 0 Å². The molecule has 23 heavy (non-hydrogen) atoms. The Hall–Kier alpha value is -2.63. The molecule has 2 aromatic rings. The minimum absolute atomic E-state index is 0.0700. The highest BCUT2D eigenvalue weighted by molar-refractivity contribution is 5.91. The third-order valence-corrected chi connectivity index (χ3v) is 3.44. The average molecular weight is 318 g/mol. The van der Waals surface area contributed by atoms with Gasteiger partial charge in [0.05, 0.1) is 6.26 Å². The molecule has 1 aromatic heterocycles. The topological polar surface area (TPSA) is 62.6 Å². The molecule has 0 spiro atoms. The fourth-order valence-corrected chi connectivity index (χ4v) is 2.14. The van der Waals surface area contributed by atoms with Crippen LogP contribution in [0.3, 0.4) is 0 Å². The molecule has 0 aliphatic heterocycles. The van der Waals surface area contributed by atoms with E-state index in [9.17, 15) is 14.0 Å².